The minimum absolute atomic E-state index is 0.131. The van der Waals surface area contributed by atoms with Crippen LogP contribution in [0.15, 0.2) is 18.2 Å². The first-order valence-corrected chi connectivity index (χ1v) is 6.55. The first kappa shape index (κ1) is 12.4. The molecule has 3 heteroatoms. The van der Waals surface area contributed by atoms with Gasteiger partial charge in [-0.15, -0.1) is 0 Å². The second-order valence-corrected chi connectivity index (χ2v) is 4.71. The van der Waals surface area contributed by atoms with E-state index in [-0.39, 0.29) is 5.82 Å². The van der Waals surface area contributed by atoms with Crippen molar-refractivity contribution in [1.82, 2.24) is 0 Å². The standard InChI is InChI=1S/C14H21FN2/c15-13-8-6-7-12(11-16)14(13)17-9-4-2-1-3-5-10-17/h6-8H,1-5,9-11,16H2. The van der Waals surface area contributed by atoms with Gasteiger partial charge in [-0.25, -0.2) is 4.39 Å². The molecule has 1 aromatic carbocycles. The van der Waals surface area contributed by atoms with Crippen LogP contribution in [-0.4, -0.2) is 13.1 Å². The summed E-state index contributed by atoms with van der Waals surface area (Å²) in [6, 6.07) is 5.20. The molecule has 17 heavy (non-hydrogen) atoms. The highest BCUT2D eigenvalue weighted by atomic mass is 19.1. The number of nitrogens with two attached hydrogens (primary N) is 1. The lowest BCUT2D eigenvalue weighted by Crippen LogP contribution is -2.29. The maximum atomic E-state index is 14.0. The lowest BCUT2D eigenvalue weighted by atomic mass is 10.1. The predicted molar refractivity (Wildman–Crippen MR) is 69.6 cm³/mol. The monoisotopic (exact) mass is 236 g/mol. The lowest BCUT2D eigenvalue weighted by molar-refractivity contribution is 0.543. The minimum Gasteiger partial charge on any atom is -0.369 e. The van der Waals surface area contributed by atoms with Crippen LogP contribution in [0.25, 0.3) is 0 Å². The van der Waals surface area contributed by atoms with Crippen molar-refractivity contribution in [3.8, 4) is 0 Å². The summed E-state index contributed by atoms with van der Waals surface area (Å²) in [5.74, 6) is -0.131. The number of anilines is 1. The molecule has 0 aliphatic carbocycles. The molecule has 1 saturated heterocycles. The molecule has 0 bridgehead atoms. The Labute approximate surface area is 103 Å². The maximum Gasteiger partial charge on any atom is 0.146 e. The van der Waals surface area contributed by atoms with Gasteiger partial charge in [-0.05, 0) is 24.5 Å². The average Bonchev–Trinajstić information content (AvgIpc) is 2.29. The third kappa shape index (κ3) is 2.97. The molecule has 0 unspecified atom stereocenters. The Morgan fingerprint density at radius 1 is 1.06 bits per heavy atom. The van der Waals surface area contributed by atoms with Crippen molar-refractivity contribution in [3.05, 3.63) is 29.6 Å². The first-order valence-electron chi connectivity index (χ1n) is 6.55. The van der Waals surface area contributed by atoms with Crippen molar-refractivity contribution < 1.29 is 4.39 Å². The van der Waals surface area contributed by atoms with Crippen LogP contribution in [0, 0.1) is 5.82 Å². The highest BCUT2D eigenvalue weighted by molar-refractivity contribution is 5.54. The molecule has 1 aliphatic rings. The third-order valence-corrected chi connectivity index (χ3v) is 3.46. The van der Waals surface area contributed by atoms with Gasteiger partial charge < -0.3 is 10.6 Å². The molecule has 94 valence electrons. The number of hydrogen-bond donors (Lipinski definition) is 1. The van der Waals surface area contributed by atoms with Crippen molar-refractivity contribution in [1.29, 1.82) is 0 Å². The zero-order valence-corrected chi connectivity index (χ0v) is 10.3. The normalized spacial score (nSPS) is 17.6. The molecule has 1 fully saturated rings. The fraction of sp³-hybridized carbons (Fsp3) is 0.571. The molecular formula is C14H21FN2. The molecule has 0 spiro atoms. The number of para-hydroxylation sites is 1. The predicted octanol–water partition coefficient (Wildman–Crippen LogP) is 3.05. The van der Waals surface area contributed by atoms with Gasteiger partial charge >= 0.3 is 0 Å². The van der Waals surface area contributed by atoms with Gasteiger partial charge in [0.15, 0.2) is 0 Å². The molecule has 1 aromatic rings. The molecule has 0 aromatic heterocycles. The van der Waals surface area contributed by atoms with Crippen LogP contribution in [0.1, 0.15) is 37.7 Å². The molecule has 0 amide bonds. The van der Waals surface area contributed by atoms with Gasteiger partial charge in [-0.1, -0.05) is 31.4 Å². The van der Waals surface area contributed by atoms with Crippen LogP contribution >= 0.6 is 0 Å². The average molecular weight is 236 g/mol. The highest BCUT2D eigenvalue weighted by Crippen LogP contribution is 2.26. The summed E-state index contributed by atoms with van der Waals surface area (Å²) < 4.78 is 14.0. The first-order chi connectivity index (χ1) is 8.33. The summed E-state index contributed by atoms with van der Waals surface area (Å²) in [5, 5.41) is 0. The van der Waals surface area contributed by atoms with Crippen LogP contribution in [0.3, 0.4) is 0 Å². The maximum absolute atomic E-state index is 14.0. The van der Waals surface area contributed by atoms with E-state index in [1.165, 1.54) is 25.3 Å². The minimum atomic E-state index is -0.131. The van der Waals surface area contributed by atoms with Crippen LogP contribution in [0.4, 0.5) is 10.1 Å². The molecule has 1 aliphatic heterocycles. The highest BCUT2D eigenvalue weighted by Gasteiger charge is 2.16. The molecule has 2 N–H and O–H groups in total. The van der Waals surface area contributed by atoms with E-state index in [0.717, 1.165) is 37.2 Å². The zero-order chi connectivity index (χ0) is 12.1. The van der Waals surface area contributed by atoms with Crippen molar-refractivity contribution >= 4 is 5.69 Å². The van der Waals surface area contributed by atoms with E-state index < -0.39 is 0 Å². The van der Waals surface area contributed by atoms with E-state index in [0.29, 0.717) is 6.54 Å². The molecule has 1 heterocycles. The summed E-state index contributed by atoms with van der Waals surface area (Å²) >= 11 is 0. The number of halogens is 1. The number of rotatable bonds is 2. The van der Waals surface area contributed by atoms with Gasteiger partial charge in [-0.3, -0.25) is 0 Å². The van der Waals surface area contributed by atoms with E-state index in [1.54, 1.807) is 6.07 Å². The van der Waals surface area contributed by atoms with Crippen LogP contribution in [0.2, 0.25) is 0 Å². The Bertz CT molecular complexity index is 357. The van der Waals surface area contributed by atoms with Crippen molar-refractivity contribution in [2.24, 2.45) is 5.73 Å². The Kier molecular flexibility index (Phi) is 4.37. The summed E-state index contributed by atoms with van der Waals surface area (Å²) in [4.78, 5) is 2.18. The van der Waals surface area contributed by atoms with Gasteiger partial charge in [0.1, 0.15) is 5.82 Å². The van der Waals surface area contributed by atoms with Gasteiger partial charge in [0, 0.05) is 19.6 Å². The Morgan fingerprint density at radius 3 is 2.35 bits per heavy atom. The largest absolute Gasteiger partial charge is 0.369 e. The summed E-state index contributed by atoms with van der Waals surface area (Å²) in [7, 11) is 0. The van der Waals surface area contributed by atoms with Crippen LogP contribution < -0.4 is 10.6 Å². The Morgan fingerprint density at radius 2 is 1.71 bits per heavy atom. The van der Waals surface area contributed by atoms with Crippen molar-refractivity contribution in [2.75, 3.05) is 18.0 Å². The molecular weight excluding hydrogens is 215 g/mol. The third-order valence-electron chi connectivity index (χ3n) is 3.46. The van der Waals surface area contributed by atoms with Crippen molar-refractivity contribution in [3.63, 3.8) is 0 Å². The van der Waals surface area contributed by atoms with E-state index in [4.69, 9.17) is 5.73 Å². The second-order valence-electron chi connectivity index (χ2n) is 4.71. The molecule has 2 nitrogen and oxygen atoms in total. The van der Waals surface area contributed by atoms with Gasteiger partial charge in [0.05, 0.1) is 5.69 Å². The summed E-state index contributed by atoms with van der Waals surface area (Å²) in [6.07, 6.45) is 6.12. The number of hydrogen-bond acceptors (Lipinski definition) is 2. The number of benzene rings is 1. The molecule has 0 atom stereocenters. The fourth-order valence-electron chi connectivity index (χ4n) is 2.55. The SMILES string of the molecule is NCc1cccc(F)c1N1CCCCCCC1. The van der Waals surface area contributed by atoms with Crippen molar-refractivity contribution in [2.45, 2.75) is 38.6 Å². The van der Waals surface area contributed by atoms with E-state index >= 15 is 0 Å². The summed E-state index contributed by atoms with van der Waals surface area (Å²) in [6.45, 7) is 2.31. The zero-order valence-electron chi connectivity index (χ0n) is 10.3. The van der Waals surface area contributed by atoms with Gasteiger partial charge in [0.25, 0.3) is 0 Å². The fourth-order valence-corrected chi connectivity index (χ4v) is 2.55. The lowest BCUT2D eigenvalue weighted by Gasteiger charge is -2.29. The van der Waals surface area contributed by atoms with E-state index in [1.807, 2.05) is 6.07 Å². The second kappa shape index (κ2) is 6.01. The van der Waals surface area contributed by atoms with E-state index in [2.05, 4.69) is 4.90 Å². The number of nitrogens with zero attached hydrogens (tertiary/aromatic N) is 1. The Balaban J connectivity index is 2.23. The molecule has 0 saturated carbocycles. The molecule has 0 radical (unpaired) electrons. The quantitative estimate of drug-likeness (QED) is 0.855. The van der Waals surface area contributed by atoms with Crippen LogP contribution in [-0.2, 0) is 6.54 Å². The Hall–Kier alpha value is -1.09. The molecule has 2 rings (SSSR count). The van der Waals surface area contributed by atoms with E-state index in [9.17, 15) is 4.39 Å². The van der Waals surface area contributed by atoms with Crippen LogP contribution in [0.5, 0.6) is 0 Å². The summed E-state index contributed by atoms with van der Waals surface area (Å²) in [5.41, 5.74) is 7.36. The van der Waals surface area contributed by atoms with Gasteiger partial charge in [-0.2, -0.15) is 0 Å². The topological polar surface area (TPSA) is 29.3 Å². The van der Waals surface area contributed by atoms with Gasteiger partial charge in [0.2, 0.25) is 0 Å². The smallest absolute Gasteiger partial charge is 0.146 e.